The number of amides is 1. The lowest BCUT2D eigenvalue weighted by molar-refractivity contribution is -0.141. The average Bonchev–Trinajstić information content (AvgIpc) is 2.28. The van der Waals surface area contributed by atoms with Crippen LogP contribution >= 0.6 is 11.6 Å². The number of nitrogens with zero attached hydrogens (tertiary/aromatic N) is 1. The first kappa shape index (κ1) is 13.4. The number of hydrogen-bond acceptors (Lipinski definition) is 3. The van der Waals surface area contributed by atoms with Crippen molar-refractivity contribution >= 4 is 23.5 Å². The van der Waals surface area contributed by atoms with Gasteiger partial charge in [-0.1, -0.05) is 11.6 Å². The Balaban J connectivity index is 2.74. The fraction of sp³-hybridized carbons (Fsp3) is 0.364. The molecule has 1 aromatic rings. The minimum atomic E-state index is -0.963. The van der Waals surface area contributed by atoms with Crippen LogP contribution in [0.4, 0.5) is 0 Å². The molecule has 2 N–H and O–H groups in total. The van der Waals surface area contributed by atoms with E-state index in [1.165, 1.54) is 25.4 Å². The number of carboxylic acid groups (broad SMARTS) is 1. The molecule has 6 heteroatoms. The van der Waals surface area contributed by atoms with Crippen molar-refractivity contribution in [1.29, 1.82) is 0 Å². The summed E-state index contributed by atoms with van der Waals surface area (Å²) in [6, 6.07) is 1.01. The molecule has 0 bridgehead atoms. The highest BCUT2D eigenvalue weighted by atomic mass is 35.5. The van der Waals surface area contributed by atoms with E-state index < -0.39 is 23.8 Å². The molecule has 1 rings (SSSR count). The largest absolute Gasteiger partial charge is 0.481 e. The van der Waals surface area contributed by atoms with E-state index in [0.717, 1.165) is 0 Å². The topological polar surface area (TPSA) is 79.3 Å². The average molecular weight is 257 g/mol. The number of nitrogens with one attached hydrogen (secondary N) is 1. The summed E-state index contributed by atoms with van der Waals surface area (Å²) in [5, 5.41) is 11.7. The summed E-state index contributed by atoms with van der Waals surface area (Å²) < 4.78 is 0. The Morgan fingerprint density at radius 2 is 2.12 bits per heavy atom. The zero-order chi connectivity index (χ0) is 13.0. The highest BCUT2D eigenvalue weighted by Crippen LogP contribution is 2.14. The van der Waals surface area contributed by atoms with Gasteiger partial charge in [0, 0.05) is 18.4 Å². The lowest BCUT2D eigenvalue weighted by Crippen LogP contribution is -2.40. The lowest BCUT2D eigenvalue weighted by Gasteiger charge is -2.17. The van der Waals surface area contributed by atoms with Crippen LogP contribution in [0.1, 0.15) is 24.2 Å². The van der Waals surface area contributed by atoms with Crippen LogP contribution in [-0.2, 0) is 4.79 Å². The fourth-order valence-corrected chi connectivity index (χ4v) is 1.36. The van der Waals surface area contributed by atoms with Crippen molar-refractivity contribution < 1.29 is 14.7 Å². The first-order valence-corrected chi connectivity index (χ1v) is 5.44. The summed E-state index contributed by atoms with van der Waals surface area (Å²) in [4.78, 5) is 26.3. The van der Waals surface area contributed by atoms with Crippen LogP contribution in [-0.4, -0.2) is 28.0 Å². The van der Waals surface area contributed by atoms with Crippen molar-refractivity contribution in [2.45, 2.75) is 19.9 Å². The van der Waals surface area contributed by atoms with Crippen LogP contribution < -0.4 is 5.32 Å². The van der Waals surface area contributed by atoms with E-state index in [0.29, 0.717) is 0 Å². The Hall–Kier alpha value is -1.62. The zero-order valence-corrected chi connectivity index (χ0v) is 10.2. The van der Waals surface area contributed by atoms with Gasteiger partial charge in [0.15, 0.2) is 0 Å². The predicted octanol–water partition coefficient (Wildman–Crippen LogP) is 1.57. The van der Waals surface area contributed by atoms with E-state index in [1.807, 2.05) is 0 Å². The number of carbonyl (C=O) groups is 2. The SMILES string of the molecule is CC(NC(=O)c1cnccc1Cl)C(C)C(=O)O. The van der Waals surface area contributed by atoms with Crippen molar-refractivity contribution in [2.24, 2.45) is 5.92 Å². The molecule has 0 aliphatic carbocycles. The van der Waals surface area contributed by atoms with E-state index in [2.05, 4.69) is 10.3 Å². The minimum absolute atomic E-state index is 0.235. The van der Waals surface area contributed by atoms with Crippen LogP contribution in [0.5, 0.6) is 0 Å². The maximum atomic E-state index is 11.8. The van der Waals surface area contributed by atoms with Gasteiger partial charge in [-0.25, -0.2) is 0 Å². The second-order valence-corrected chi connectivity index (χ2v) is 4.15. The molecule has 0 aromatic carbocycles. The number of halogens is 1. The number of rotatable bonds is 4. The molecule has 2 atom stereocenters. The maximum Gasteiger partial charge on any atom is 0.308 e. The number of aliphatic carboxylic acids is 1. The Kier molecular flexibility index (Phi) is 4.45. The molecule has 0 spiro atoms. The molecule has 0 aliphatic rings. The molecule has 0 aliphatic heterocycles. The molecule has 0 saturated carbocycles. The third-order valence-electron chi connectivity index (χ3n) is 2.51. The lowest BCUT2D eigenvalue weighted by atomic mass is 10.0. The molecular formula is C11H13ClN2O3. The number of pyridine rings is 1. The number of carbonyl (C=O) groups excluding carboxylic acids is 1. The molecule has 92 valence electrons. The Morgan fingerprint density at radius 3 is 2.65 bits per heavy atom. The van der Waals surface area contributed by atoms with Gasteiger partial charge in [0.05, 0.1) is 16.5 Å². The normalized spacial score (nSPS) is 13.8. The van der Waals surface area contributed by atoms with Crippen LogP contribution in [0.15, 0.2) is 18.5 Å². The van der Waals surface area contributed by atoms with Gasteiger partial charge in [-0.2, -0.15) is 0 Å². The second kappa shape index (κ2) is 5.63. The smallest absolute Gasteiger partial charge is 0.308 e. The standard InChI is InChI=1S/C11H13ClN2O3/c1-6(11(16)17)7(2)14-10(15)8-5-13-4-3-9(8)12/h3-7H,1-2H3,(H,14,15)(H,16,17). The van der Waals surface area contributed by atoms with Gasteiger partial charge in [-0.05, 0) is 19.9 Å². The second-order valence-electron chi connectivity index (χ2n) is 3.74. The van der Waals surface area contributed by atoms with Crippen LogP contribution in [0.3, 0.4) is 0 Å². The van der Waals surface area contributed by atoms with Gasteiger partial charge in [0.1, 0.15) is 0 Å². The molecule has 0 radical (unpaired) electrons. The Bertz CT molecular complexity index is 436. The van der Waals surface area contributed by atoms with Gasteiger partial charge in [0.25, 0.3) is 5.91 Å². The molecule has 0 saturated heterocycles. The highest BCUT2D eigenvalue weighted by Gasteiger charge is 2.22. The van der Waals surface area contributed by atoms with E-state index >= 15 is 0 Å². The van der Waals surface area contributed by atoms with Crippen LogP contribution in [0, 0.1) is 5.92 Å². The fourth-order valence-electron chi connectivity index (χ4n) is 1.17. The van der Waals surface area contributed by atoms with Gasteiger partial charge in [0.2, 0.25) is 0 Å². The third kappa shape index (κ3) is 3.42. The molecule has 17 heavy (non-hydrogen) atoms. The number of carboxylic acids is 1. The van der Waals surface area contributed by atoms with Crippen molar-refractivity contribution in [3.8, 4) is 0 Å². The van der Waals surface area contributed by atoms with E-state index in [-0.39, 0.29) is 10.6 Å². The third-order valence-corrected chi connectivity index (χ3v) is 2.84. The van der Waals surface area contributed by atoms with E-state index in [4.69, 9.17) is 16.7 Å². The summed E-state index contributed by atoms with van der Waals surface area (Å²) >= 11 is 5.83. The van der Waals surface area contributed by atoms with Crippen molar-refractivity contribution in [3.05, 3.63) is 29.0 Å². The van der Waals surface area contributed by atoms with Crippen molar-refractivity contribution in [2.75, 3.05) is 0 Å². The first-order valence-electron chi connectivity index (χ1n) is 5.06. The molecule has 5 nitrogen and oxygen atoms in total. The van der Waals surface area contributed by atoms with Gasteiger partial charge >= 0.3 is 5.97 Å². The van der Waals surface area contributed by atoms with E-state index in [9.17, 15) is 9.59 Å². The zero-order valence-electron chi connectivity index (χ0n) is 9.48. The molecule has 1 amide bonds. The van der Waals surface area contributed by atoms with Gasteiger partial charge in [-0.15, -0.1) is 0 Å². The quantitative estimate of drug-likeness (QED) is 0.857. The summed E-state index contributed by atoms with van der Waals surface area (Å²) in [5.41, 5.74) is 0.235. The summed E-state index contributed by atoms with van der Waals surface area (Å²) in [7, 11) is 0. The summed E-state index contributed by atoms with van der Waals surface area (Å²) in [6.45, 7) is 3.15. The van der Waals surface area contributed by atoms with Crippen molar-refractivity contribution in [1.82, 2.24) is 10.3 Å². The maximum absolute atomic E-state index is 11.8. The minimum Gasteiger partial charge on any atom is -0.481 e. The number of aromatic nitrogens is 1. The summed E-state index contributed by atoms with van der Waals surface area (Å²) in [5.74, 6) is -2.06. The van der Waals surface area contributed by atoms with Crippen LogP contribution in [0.2, 0.25) is 5.02 Å². The van der Waals surface area contributed by atoms with Crippen LogP contribution in [0.25, 0.3) is 0 Å². The summed E-state index contributed by atoms with van der Waals surface area (Å²) in [6.07, 6.45) is 2.82. The molecular weight excluding hydrogens is 244 g/mol. The molecule has 1 heterocycles. The highest BCUT2D eigenvalue weighted by molar-refractivity contribution is 6.33. The monoisotopic (exact) mass is 256 g/mol. The molecule has 2 unspecified atom stereocenters. The van der Waals surface area contributed by atoms with Gasteiger partial charge in [-0.3, -0.25) is 14.6 Å². The molecule has 1 aromatic heterocycles. The van der Waals surface area contributed by atoms with E-state index in [1.54, 1.807) is 6.92 Å². The number of hydrogen-bond donors (Lipinski definition) is 2. The first-order chi connectivity index (χ1) is 7.93. The van der Waals surface area contributed by atoms with Crippen molar-refractivity contribution in [3.63, 3.8) is 0 Å². The Morgan fingerprint density at radius 1 is 1.47 bits per heavy atom. The predicted molar refractivity (Wildman–Crippen MR) is 63.0 cm³/mol. The van der Waals surface area contributed by atoms with Gasteiger partial charge < -0.3 is 10.4 Å². The molecule has 0 fully saturated rings. The Labute approximate surface area is 104 Å².